The van der Waals surface area contributed by atoms with Gasteiger partial charge in [-0.25, -0.2) is 0 Å². The first-order chi connectivity index (χ1) is 10.7. The molecule has 0 bridgehead atoms. The fourth-order valence-corrected chi connectivity index (χ4v) is 7.76. The quantitative estimate of drug-likeness (QED) is 0.654. The standard InChI is InChI=1S/C21H40O2Si/c1-18(2,3)24(8,9)23-15-10-11-20(6)16-14(13-21(15,20)7)12-19(4,5)17(16)22/h14-17,22H,10-13H2,1-9H3/t14-,15-,16?,17+,20-,21-/m0/s1. The topological polar surface area (TPSA) is 29.5 Å². The molecular weight excluding hydrogens is 312 g/mol. The minimum atomic E-state index is -1.75. The summed E-state index contributed by atoms with van der Waals surface area (Å²) in [4.78, 5) is 0. The van der Waals surface area contributed by atoms with Crippen LogP contribution in [-0.4, -0.2) is 25.6 Å². The first-order valence-corrected chi connectivity index (χ1v) is 12.9. The van der Waals surface area contributed by atoms with Gasteiger partial charge in [0.1, 0.15) is 0 Å². The molecule has 0 spiro atoms. The average molecular weight is 353 g/mol. The molecule has 0 amide bonds. The molecule has 1 unspecified atom stereocenters. The van der Waals surface area contributed by atoms with Gasteiger partial charge in [0.25, 0.3) is 0 Å². The third-order valence-corrected chi connectivity index (χ3v) is 13.5. The van der Waals surface area contributed by atoms with Crippen LogP contribution >= 0.6 is 0 Å². The van der Waals surface area contributed by atoms with Crippen LogP contribution in [0.25, 0.3) is 0 Å². The summed E-state index contributed by atoms with van der Waals surface area (Å²) in [6, 6.07) is 0. The largest absolute Gasteiger partial charge is 0.413 e. The first-order valence-electron chi connectivity index (χ1n) is 10.0. The second-order valence-corrected chi connectivity index (χ2v) is 16.6. The van der Waals surface area contributed by atoms with Crippen LogP contribution in [0.15, 0.2) is 0 Å². The molecule has 3 saturated carbocycles. The summed E-state index contributed by atoms with van der Waals surface area (Å²) in [5.41, 5.74) is 0.547. The number of aliphatic hydroxyl groups is 1. The van der Waals surface area contributed by atoms with Gasteiger partial charge < -0.3 is 9.53 Å². The minimum Gasteiger partial charge on any atom is -0.413 e. The van der Waals surface area contributed by atoms with Crippen LogP contribution in [0.3, 0.4) is 0 Å². The van der Waals surface area contributed by atoms with E-state index in [-0.39, 0.29) is 27.4 Å². The van der Waals surface area contributed by atoms with E-state index in [1.807, 2.05) is 0 Å². The molecule has 0 saturated heterocycles. The highest BCUT2D eigenvalue weighted by Crippen LogP contribution is 2.73. The lowest BCUT2D eigenvalue weighted by molar-refractivity contribution is -0.0461. The van der Waals surface area contributed by atoms with Crippen molar-refractivity contribution in [1.29, 1.82) is 0 Å². The van der Waals surface area contributed by atoms with Crippen molar-refractivity contribution in [2.45, 2.75) is 104 Å². The Balaban J connectivity index is 1.88. The van der Waals surface area contributed by atoms with E-state index in [1.165, 1.54) is 25.7 Å². The number of fused-ring (bicyclic) bond motifs is 3. The molecule has 0 radical (unpaired) electrons. The smallest absolute Gasteiger partial charge is 0.192 e. The van der Waals surface area contributed by atoms with Crippen LogP contribution in [0.1, 0.15) is 74.1 Å². The molecule has 3 aliphatic rings. The van der Waals surface area contributed by atoms with Gasteiger partial charge in [-0.3, -0.25) is 0 Å². The highest BCUT2D eigenvalue weighted by atomic mass is 28.4. The number of aliphatic hydroxyl groups excluding tert-OH is 1. The predicted octanol–water partition coefficient (Wildman–Crippen LogP) is 5.61. The monoisotopic (exact) mass is 352 g/mol. The second-order valence-electron chi connectivity index (χ2n) is 11.9. The van der Waals surface area contributed by atoms with Crippen molar-refractivity contribution >= 4 is 8.32 Å². The molecule has 0 aliphatic heterocycles. The lowest BCUT2D eigenvalue weighted by atomic mass is 9.63. The van der Waals surface area contributed by atoms with Crippen LogP contribution in [-0.2, 0) is 4.43 Å². The van der Waals surface area contributed by atoms with Crippen molar-refractivity contribution in [3.8, 4) is 0 Å². The van der Waals surface area contributed by atoms with Gasteiger partial charge in [-0.1, -0.05) is 48.5 Å². The Morgan fingerprint density at radius 1 is 1.00 bits per heavy atom. The Labute approximate surface area is 150 Å². The molecule has 3 aliphatic carbocycles. The SMILES string of the molecule is CC1(C)C[C@H]2C[C@@]3(C)[C@@H](O[Si](C)(C)C(C)(C)C)CC[C@@]3(C)C2[C@H]1O. The normalized spacial score (nSPS) is 47.8. The molecule has 0 aromatic rings. The summed E-state index contributed by atoms with van der Waals surface area (Å²) in [5, 5.41) is 11.3. The van der Waals surface area contributed by atoms with Gasteiger partial charge in [-0.05, 0) is 71.9 Å². The lowest BCUT2D eigenvalue weighted by Crippen LogP contribution is -2.50. The summed E-state index contributed by atoms with van der Waals surface area (Å²) in [5.74, 6) is 1.14. The summed E-state index contributed by atoms with van der Waals surface area (Å²) in [7, 11) is -1.75. The maximum Gasteiger partial charge on any atom is 0.192 e. The fraction of sp³-hybridized carbons (Fsp3) is 1.00. The maximum atomic E-state index is 11.1. The van der Waals surface area contributed by atoms with Crippen LogP contribution in [0.2, 0.25) is 18.1 Å². The molecule has 1 N–H and O–H groups in total. The zero-order valence-corrected chi connectivity index (χ0v) is 18.5. The molecule has 3 rings (SSSR count). The zero-order valence-electron chi connectivity index (χ0n) is 17.5. The Morgan fingerprint density at radius 2 is 1.58 bits per heavy atom. The number of hydrogen-bond acceptors (Lipinski definition) is 2. The van der Waals surface area contributed by atoms with Crippen molar-refractivity contribution in [2.24, 2.45) is 28.1 Å². The van der Waals surface area contributed by atoms with Gasteiger partial charge in [0.05, 0.1) is 12.2 Å². The van der Waals surface area contributed by atoms with Crippen molar-refractivity contribution in [3.05, 3.63) is 0 Å². The van der Waals surface area contributed by atoms with Crippen molar-refractivity contribution < 1.29 is 9.53 Å². The molecule has 24 heavy (non-hydrogen) atoms. The summed E-state index contributed by atoms with van der Waals surface area (Å²) in [6.45, 7) is 21.3. The third-order valence-electron chi connectivity index (χ3n) is 9.04. The summed E-state index contributed by atoms with van der Waals surface area (Å²) >= 11 is 0. The second kappa shape index (κ2) is 5.10. The highest BCUT2D eigenvalue weighted by Gasteiger charge is 2.70. The third kappa shape index (κ3) is 2.33. The highest BCUT2D eigenvalue weighted by molar-refractivity contribution is 6.74. The maximum absolute atomic E-state index is 11.1. The molecule has 0 heterocycles. The fourth-order valence-electron chi connectivity index (χ4n) is 6.32. The molecule has 3 fully saturated rings. The molecule has 0 aromatic carbocycles. The molecular formula is C21H40O2Si. The Kier molecular flexibility index (Phi) is 4.02. The molecule has 6 atom stereocenters. The van der Waals surface area contributed by atoms with E-state index in [0.717, 1.165) is 0 Å². The van der Waals surface area contributed by atoms with E-state index in [4.69, 9.17) is 4.43 Å². The van der Waals surface area contributed by atoms with Gasteiger partial charge >= 0.3 is 0 Å². The van der Waals surface area contributed by atoms with Crippen molar-refractivity contribution in [1.82, 2.24) is 0 Å². The van der Waals surface area contributed by atoms with Crippen LogP contribution < -0.4 is 0 Å². The van der Waals surface area contributed by atoms with Crippen LogP contribution in [0.4, 0.5) is 0 Å². The average Bonchev–Trinajstić information content (AvgIpc) is 2.83. The van der Waals surface area contributed by atoms with Crippen LogP contribution in [0, 0.1) is 28.1 Å². The first kappa shape index (κ1) is 18.9. The molecule has 3 heteroatoms. The van der Waals surface area contributed by atoms with Crippen molar-refractivity contribution in [2.75, 3.05) is 0 Å². The number of rotatable bonds is 2. The van der Waals surface area contributed by atoms with Gasteiger partial charge in [0.2, 0.25) is 0 Å². The Hall–Kier alpha value is 0.137. The van der Waals surface area contributed by atoms with E-state index in [0.29, 0.717) is 17.9 Å². The Bertz CT molecular complexity index is 520. The van der Waals surface area contributed by atoms with E-state index < -0.39 is 8.32 Å². The van der Waals surface area contributed by atoms with Gasteiger partial charge in [0, 0.05) is 0 Å². The Morgan fingerprint density at radius 3 is 2.12 bits per heavy atom. The van der Waals surface area contributed by atoms with Gasteiger partial charge in [-0.15, -0.1) is 0 Å². The van der Waals surface area contributed by atoms with Crippen LogP contribution in [0.5, 0.6) is 0 Å². The van der Waals surface area contributed by atoms with Gasteiger partial charge in [0.15, 0.2) is 8.32 Å². The van der Waals surface area contributed by atoms with E-state index in [2.05, 4.69) is 61.6 Å². The summed E-state index contributed by atoms with van der Waals surface area (Å²) < 4.78 is 6.96. The predicted molar refractivity (Wildman–Crippen MR) is 104 cm³/mol. The lowest BCUT2D eigenvalue weighted by Gasteiger charge is -2.47. The van der Waals surface area contributed by atoms with Crippen molar-refractivity contribution in [3.63, 3.8) is 0 Å². The van der Waals surface area contributed by atoms with E-state index in [9.17, 15) is 5.11 Å². The van der Waals surface area contributed by atoms with E-state index >= 15 is 0 Å². The number of hydrogen-bond donors (Lipinski definition) is 1. The van der Waals surface area contributed by atoms with Gasteiger partial charge in [-0.2, -0.15) is 0 Å². The minimum absolute atomic E-state index is 0.0814. The summed E-state index contributed by atoms with van der Waals surface area (Å²) in [6.07, 6.45) is 5.04. The molecule has 140 valence electrons. The van der Waals surface area contributed by atoms with E-state index in [1.54, 1.807) is 0 Å². The molecule has 2 nitrogen and oxygen atoms in total. The molecule has 0 aromatic heterocycles. The zero-order chi connectivity index (χ0) is 18.3.